The van der Waals surface area contributed by atoms with Crippen molar-refractivity contribution < 1.29 is 17.9 Å². The minimum Gasteiger partial charge on any atom is -0.381 e. The molecule has 3 aromatic rings. The van der Waals surface area contributed by atoms with Crippen molar-refractivity contribution in [2.45, 2.75) is 43.8 Å². The van der Waals surface area contributed by atoms with Crippen molar-refractivity contribution in [2.75, 3.05) is 26.8 Å². The van der Waals surface area contributed by atoms with Crippen molar-refractivity contribution in [2.24, 2.45) is 5.92 Å². The fraction of sp³-hybridized carbons (Fsp3) is 0.480. The van der Waals surface area contributed by atoms with E-state index in [9.17, 15) is 13.2 Å². The minimum absolute atomic E-state index is 0.110. The van der Waals surface area contributed by atoms with Crippen molar-refractivity contribution in [3.05, 3.63) is 58.3 Å². The lowest BCUT2D eigenvalue weighted by atomic mass is 9.79. The summed E-state index contributed by atoms with van der Waals surface area (Å²) in [7, 11) is 2.15. The summed E-state index contributed by atoms with van der Waals surface area (Å²) < 4.78 is 45.1. The van der Waals surface area contributed by atoms with Crippen LogP contribution in [0.5, 0.6) is 0 Å². The molecule has 1 N–H and O–H groups in total. The number of fused-ring (bicyclic) bond motifs is 2. The number of alkyl halides is 3. The monoisotopic (exact) mass is 470 g/mol. The van der Waals surface area contributed by atoms with E-state index >= 15 is 0 Å². The van der Waals surface area contributed by atoms with Gasteiger partial charge in [-0.25, -0.2) is 0 Å². The number of H-pyrrole nitrogens is 1. The van der Waals surface area contributed by atoms with Gasteiger partial charge in [0.2, 0.25) is 6.33 Å². The first-order valence-corrected chi connectivity index (χ1v) is 11.6. The average molecular weight is 471 g/mol. The first kappa shape index (κ1) is 22.8. The molecule has 1 aliphatic heterocycles. The predicted octanol–water partition coefficient (Wildman–Crippen LogP) is 5.40. The van der Waals surface area contributed by atoms with Crippen LogP contribution in [0.4, 0.5) is 19.0 Å². The molecule has 2 aliphatic rings. The summed E-state index contributed by atoms with van der Waals surface area (Å²) in [5.41, 5.74) is 1.67. The van der Waals surface area contributed by atoms with E-state index in [0.717, 1.165) is 57.1 Å². The second-order valence-electron chi connectivity index (χ2n) is 9.16. The van der Waals surface area contributed by atoms with Crippen LogP contribution in [0.2, 0.25) is 0 Å². The summed E-state index contributed by atoms with van der Waals surface area (Å²) >= 11 is 0. The molecule has 5 rings (SSSR count). The van der Waals surface area contributed by atoms with Gasteiger partial charge >= 0.3 is 12.0 Å². The topological polar surface area (TPSA) is 58.4 Å². The highest BCUT2D eigenvalue weighted by molar-refractivity contribution is 5.88. The molecule has 0 spiro atoms. The number of rotatable bonds is 3. The Bertz CT molecular complexity index is 1220. The van der Waals surface area contributed by atoms with Crippen molar-refractivity contribution in [1.29, 1.82) is 0 Å². The van der Waals surface area contributed by atoms with Gasteiger partial charge in [0.05, 0.1) is 0 Å². The average Bonchev–Trinajstić information content (AvgIpc) is 3.29. The smallest absolute Gasteiger partial charge is 0.381 e. The zero-order valence-corrected chi connectivity index (χ0v) is 19.0. The van der Waals surface area contributed by atoms with Crippen LogP contribution < -0.4 is 0 Å². The number of benzene rings is 1. The Morgan fingerprint density at radius 3 is 2.76 bits per heavy atom. The molecule has 0 amide bonds. The summed E-state index contributed by atoms with van der Waals surface area (Å²) in [5, 5.41) is 0.235. The third-order valence-electron chi connectivity index (χ3n) is 6.96. The SMILES string of the molecule is CN(CC1CCOCC1)[C@H]1CCc2ccccc2C1C#[N+]c1ncnc2[nH]c(C(F)(F)F)cc12. The Hall–Kier alpha value is -2.96. The van der Waals surface area contributed by atoms with Gasteiger partial charge < -0.3 is 14.6 Å². The largest absolute Gasteiger partial charge is 0.438 e. The molecule has 1 aliphatic carbocycles. The second-order valence-corrected chi connectivity index (χ2v) is 9.16. The molecule has 0 saturated carbocycles. The van der Waals surface area contributed by atoms with E-state index in [1.807, 2.05) is 12.1 Å². The van der Waals surface area contributed by atoms with Gasteiger partial charge in [-0.1, -0.05) is 24.3 Å². The number of aryl methyl sites for hydroxylation is 1. The van der Waals surface area contributed by atoms with E-state index in [0.29, 0.717) is 5.92 Å². The molecule has 0 bridgehead atoms. The number of halogens is 3. The third-order valence-corrected chi connectivity index (χ3v) is 6.96. The molecule has 34 heavy (non-hydrogen) atoms. The molecule has 0 radical (unpaired) electrons. The number of hydrogen-bond acceptors (Lipinski definition) is 4. The maximum absolute atomic E-state index is 13.2. The quantitative estimate of drug-likeness (QED) is 0.557. The number of nitrogens with zero attached hydrogens (tertiary/aromatic N) is 4. The molecule has 2 aromatic heterocycles. The van der Waals surface area contributed by atoms with Crippen LogP contribution in [-0.4, -0.2) is 52.7 Å². The van der Waals surface area contributed by atoms with Crippen LogP contribution >= 0.6 is 0 Å². The van der Waals surface area contributed by atoms with E-state index < -0.39 is 11.9 Å². The second kappa shape index (κ2) is 9.35. The zero-order chi connectivity index (χ0) is 23.7. The van der Waals surface area contributed by atoms with Crippen LogP contribution in [0.25, 0.3) is 15.9 Å². The van der Waals surface area contributed by atoms with Gasteiger partial charge in [0.15, 0.2) is 11.7 Å². The van der Waals surface area contributed by atoms with Crippen LogP contribution in [0.3, 0.4) is 0 Å². The Morgan fingerprint density at radius 1 is 1.18 bits per heavy atom. The van der Waals surface area contributed by atoms with Crippen molar-refractivity contribution in [3.8, 4) is 6.07 Å². The maximum Gasteiger partial charge on any atom is 0.438 e. The van der Waals surface area contributed by atoms with E-state index in [1.54, 1.807) is 0 Å². The van der Waals surface area contributed by atoms with Crippen molar-refractivity contribution in [3.63, 3.8) is 0 Å². The molecule has 1 aromatic carbocycles. The van der Waals surface area contributed by atoms with Crippen LogP contribution in [0.15, 0.2) is 36.7 Å². The number of aromatic amines is 1. The van der Waals surface area contributed by atoms with Gasteiger partial charge in [-0.3, -0.25) is 0 Å². The molecule has 3 heterocycles. The predicted molar refractivity (Wildman–Crippen MR) is 123 cm³/mol. The summed E-state index contributed by atoms with van der Waals surface area (Å²) in [6.07, 6.45) is 0.788. The van der Waals surface area contributed by atoms with Gasteiger partial charge in [0.1, 0.15) is 17.0 Å². The number of ether oxygens (including phenoxy) is 1. The Labute approximate surface area is 196 Å². The first-order chi connectivity index (χ1) is 16.4. The molecule has 6 nitrogen and oxygen atoms in total. The highest BCUT2D eigenvalue weighted by Gasteiger charge is 2.36. The lowest BCUT2D eigenvalue weighted by Gasteiger charge is -2.38. The summed E-state index contributed by atoms with van der Waals surface area (Å²) in [6.45, 7) is 2.59. The molecule has 1 saturated heterocycles. The molecule has 178 valence electrons. The summed E-state index contributed by atoms with van der Waals surface area (Å²) in [5.74, 6) is 0.669. The molecule has 1 fully saturated rings. The Kier molecular flexibility index (Phi) is 6.28. The molecular formula is C25H27F3N5O+. The highest BCUT2D eigenvalue weighted by atomic mass is 19.4. The standard InChI is InChI=1S/C25H27F3N5O/c1-33(14-16-8-10-34-11-9-16)21-7-6-17-4-2-3-5-18(17)20(21)13-29-23-19-12-22(25(26,27)28)32-24(19)31-15-30-23/h2-5,12,15-16,20-21H,6-11,14H2,1H3,(H,30,31,32)/q+1/t20?,21-/m0/s1. The number of aromatic nitrogens is 3. The minimum atomic E-state index is -4.49. The van der Waals surface area contributed by atoms with Crippen LogP contribution in [0.1, 0.15) is 42.0 Å². The summed E-state index contributed by atoms with van der Waals surface area (Å²) in [4.78, 5) is 17.3. The maximum atomic E-state index is 13.2. The van der Waals surface area contributed by atoms with Crippen molar-refractivity contribution in [1.82, 2.24) is 19.9 Å². The molecular weight excluding hydrogens is 443 g/mol. The molecule has 9 heteroatoms. The van der Waals surface area contributed by atoms with Gasteiger partial charge in [-0.05, 0) is 60.8 Å². The van der Waals surface area contributed by atoms with Gasteiger partial charge in [0.25, 0.3) is 0 Å². The lowest BCUT2D eigenvalue weighted by molar-refractivity contribution is -0.140. The van der Waals surface area contributed by atoms with Gasteiger partial charge in [-0.2, -0.15) is 23.0 Å². The Balaban J connectivity index is 1.48. The van der Waals surface area contributed by atoms with Gasteiger partial charge in [0, 0.05) is 25.8 Å². The van der Waals surface area contributed by atoms with Crippen molar-refractivity contribution >= 4 is 16.9 Å². The van der Waals surface area contributed by atoms with Gasteiger partial charge in [-0.15, -0.1) is 0 Å². The van der Waals surface area contributed by atoms with E-state index in [4.69, 9.17) is 4.74 Å². The number of nitrogens with one attached hydrogen (secondary N) is 1. The van der Waals surface area contributed by atoms with E-state index in [-0.39, 0.29) is 28.8 Å². The van der Waals surface area contributed by atoms with Crippen LogP contribution in [0, 0.1) is 12.0 Å². The highest BCUT2D eigenvalue weighted by Crippen LogP contribution is 2.36. The summed E-state index contributed by atoms with van der Waals surface area (Å²) in [6, 6.07) is 12.8. The first-order valence-electron chi connectivity index (χ1n) is 11.6. The molecule has 2 atom stereocenters. The number of hydrogen-bond donors (Lipinski definition) is 1. The normalized spacial score (nSPS) is 21.3. The fourth-order valence-electron chi connectivity index (χ4n) is 5.14. The fourth-order valence-corrected chi connectivity index (χ4v) is 5.14. The third kappa shape index (κ3) is 4.65. The molecule has 1 unspecified atom stereocenters. The van der Waals surface area contributed by atoms with E-state index in [2.05, 4.69) is 49.9 Å². The zero-order valence-electron chi connectivity index (χ0n) is 19.0. The lowest BCUT2D eigenvalue weighted by Crippen LogP contribution is -2.42. The van der Waals surface area contributed by atoms with Crippen LogP contribution in [-0.2, 0) is 17.3 Å². The Morgan fingerprint density at radius 2 is 1.97 bits per heavy atom. The number of likely N-dealkylation sites (N-methyl/N-ethyl adjacent to an activating group) is 1. The van der Waals surface area contributed by atoms with E-state index in [1.165, 1.54) is 11.9 Å².